The van der Waals surface area contributed by atoms with Crippen LogP contribution < -0.4 is 15.4 Å². The minimum Gasteiger partial charge on any atom is -0.497 e. The number of pyridine rings is 1. The summed E-state index contributed by atoms with van der Waals surface area (Å²) in [5.74, 6) is 0.625. The van der Waals surface area contributed by atoms with Crippen molar-refractivity contribution in [2.24, 2.45) is 0 Å². The quantitative estimate of drug-likeness (QED) is 0.701. The van der Waals surface area contributed by atoms with Gasteiger partial charge in [0.15, 0.2) is 0 Å². The van der Waals surface area contributed by atoms with Gasteiger partial charge < -0.3 is 20.3 Å². The summed E-state index contributed by atoms with van der Waals surface area (Å²) in [6.07, 6.45) is 1.11. The molecule has 29 heavy (non-hydrogen) atoms. The van der Waals surface area contributed by atoms with Gasteiger partial charge in [-0.05, 0) is 42.0 Å². The molecule has 0 radical (unpaired) electrons. The summed E-state index contributed by atoms with van der Waals surface area (Å²) >= 11 is 0. The number of aromatic nitrogens is 1. The highest BCUT2D eigenvalue weighted by atomic mass is 16.5. The first kappa shape index (κ1) is 18.5. The number of nitrogens with zero attached hydrogens (tertiary/aromatic N) is 2. The van der Waals surface area contributed by atoms with Gasteiger partial charge in [0.1, 0.15) is 24.3 Å². The van der Waals surface area contributed by atoms with Crippen molar-refractivity contribution in [1.29, 1.82) is 0 Å². The molecule has 2 N–H and O–H groups in total. The standard InChI is InChI=1S/C22H20N4O3/c1-29-16-11-9-15(10-12-16)21-24-18-7-3-2-6-17(18)22(28)26(21)14-20(27)25-19-8-4-5-13-23-19/h2-13,21,24H,14H2,1H3,(H,23,25,27)/t21-/m0/s1. The van der Waals surface area contributed by atoms with Crippen LogP contribution >= 0.6 is 0 Å². The summed E-state index contributed by atoms with van der Waals surface area (Å²) in [5, 5.41) is 6.10. The Morgan fingerprint density at radius 3 is 2.59 bits per heavy atom. The predicted octanol–water partition coefficient (Wildman–Crippen LogP) is 3.30. The van der Waals surface area contributed by atoms with Gasteiger partial charge in [-0.15, -0.1) is 0 Å². The number of benzene rings is 2. The van der Waals surface area contributed by atoms with Crippen LogP contribution in [-0.4, -0.2) is 35.4 Å². The number of nitrogens with one attached hydrogen (secondary N) is 2. The van der Waals surface area contributed by atoms with Gasteiger partial charge in [-0.2, -0.15) is 0 Å². The average Bonchev–Trinajstić information content (AvgIpc) is 2.76. The summed E-state index contributed by atoms with van der Waals surface area (Å²) < 4.78 is 5.22. The van der Waals surface area contributed by atoms with Gasteiger partial charge in [0.25, 0.3) is 5.91 Å². The second-order valence-corrected chi connectivity index (χ2v) is 6.56. The van der Waals surface area contributed by atoms with E-state index in [9.17, 15) is 9.59 Å². The van der Waals surface area contributed by atoms with Crippen molar-refractivity contribution in [2.75, 3.05) is 24.3 Å². The van der Waals surface area contributed by atoms with Crippen molar-refractivity contribution in [2.45, 2.75) is 6.17 Å². The van der Waals surface area contributed by atoms with E-state index in [2.05, 4.69) is 15.6 Å². The molecule has 0 aliphatic carbocycles. The highest BCUT2D eigenvalue weighted by molar-refractivity contribution is 6.04. The minimum atomic E-state index is -0.488. The average molecular weight is 388 g/mol. The van der Waals surface area contributed by atoms with E-state index in [4.69, 9.17) is 4.74 Å². The molecule has 0 fully saturated rings. The Balaban J connectivity index is 1.63. The molecule has 0 spiro atoms. The number of ether oxygens (including phenoxy) is 1. The van der Waals surface area contributed by atoms with Crippen LogP contribution in [-0.2, 0) is 4.79 Å². The van der Waals surface area contributed by atoms with Crippen LogP contribution in [0, 0.1) is 0 Å². The topological polar surface area (TPSA) is 83.6 Å². The van der Waals surface area contributed by atoms with E-state index in [-0.39, 0.29) is 18.4 Å². The normalized spacial score (nSPS) is 15.3. The molecule has 2 amide bonds. The molecule has 4 rings (SSSR count). The summed E-state index contributed by atoms with van der Waals surface area (Å²) in [6.45, 7) is -0.118. The molecule has 0 saturated heterocycles. The number of hydrogen-bond donors (Lipinski definition) is 2. The molecule has 3 aromatic rings. The van der Waals surface area contributed by atoms with Gasteiger partial charge in [-0.1, -0.05) is 30.3 Å². The third kappa shape index (κ3) is 3.89. The van der Waals surface area contributed by atoms with Crippen LogP contribution in [0.3, 0.4) is 0 Å². The highest BCUT2D eigenvalue weighted by Gasteiger charge is 2.34. The van der Waals surface area contributed by atoms with Gasteiger partial charge in [-0.3, -0.25) is 9.59 Å². The van der Waals surface area contributed by atoms with Crippen LogP contribution in [0.1, 0.15) is 22.1 Å². The number of para-hydroxylation sites is 1. The number of rotatable bonds is 5. The van der Waals surface area contributed by atoms with Gasteiger partial charge >= 0.3 is 0 Å². The fourth-order valence-corrected chi connectivity index (χ4v) is 3.28. The second kappa shape index (κ2) is 8.02. The largest absolute Gasteiger partial charge is 0.497 e. The Morgan fingerprint density at radius 2 is 1.86 bits per heavy atom. The lowest BCUT2D eigenvalue weighted by Crippen LogP contribution is -2.46. The van der Waals surface area contributed by atoms with Gasteiger partial charge in [0.2, 0.25) is 5.91 Å². The molecular weight excluding hydrogens is 368 g/mol. The van der Waals surface area contributed by atoms with E-state index in [0.29, 0.717) is 11.4 Å². The molecule has 2 heterocycles. The van der Waals surface area contributed by atoms with Gasteiger partial charge in [-0.25, -0.2) is 4.98 Å². The van der Waals surface area contributed by atoms with Crippen molar-refractivity contribution in [1.82, 2.24) is 9.88 Å². The fraction of sp³-hybridized carbons (Fsp3) is 0.136. The summed E-state index contributed by atoms with van der Waals surface area (Å²) in [7, 11) is 1.60. The zero-order valence-electron chi connectivity index (χ0n) is 15.8. The van der Waals surface area contributed by atoms with E-state index in [0.717, 1.165) is 17.0 Å². The van der Waals surface area contributed by atoms with E-state index >= 15 is 0 Å². The van der Waals surface area contributed by atoms with Gasteiger partial charge in [0.05, 0.1) is 12.7 Å². The lowest BCUT2D eigenvalue weighted by molar-refractivity contribution is -0.117. The van der Waals surface area contributed by atoms with Crippen molar-refractivity contribution >= 4 is 23.3 Å². The lowest BCUT2D eigenvalue weighted by atomic mass is 10.0. The number of hydrogen-bond acceptors (Lipinski definition) is 5. The molecule has 1 aromatic heterocycles. The maximum atomic E-state index is 13.2. The summed E-state index contributed by atoms with van der Waals surface area (Å²) in [4.78, 5) is 31.4. The summed E-state index contributed by atoms with van der Waals surface area (Å²) in [6, 6.07) is 19.9. The van der Waals surface area contributed by atoms with Crippen molar-refractivity contribution < 1.29 is 14.3 Å². The first-order valence-corrected chi connectivity index (χ1v) is 9.17. The monoisotopic (exact) mass is 388 g/mol. The van der Waals surface area contributed by atoms with Gasteiger partial charge in [0, 0.05) is 11.9 Å². The third-order valence-corrected chi connectivity index (χ3v) is 4.70. The predicted molar refractivity (Wildman–Crippen MR) is 110 cm³/mol. The Labute approximate surface area is 168 Å². The first-order chi connectivity index (χ1) is 14.2. The van der Waals surface area contributed by atoms with Crippen LogP contribution in [0.5, 0.6) is 5.75 Å². The van der Waals surface area contributed by atoms with E-state index in [1.165, 1.54) is 4.90 Å². The van der Waals surface area contributed by atoms with E-state index in [1.54, 1.807) is 43.6 Å². The van der Waals surface area contributed by atoms with E-state index in [1.807, 2.05) is 36.4 Å². The molecule has 1 atom stereocenters. The lowest BCUT2D eigenvalue weighted by Gasteiger charge is -2.37. The van der Waals surface area contributed by atoms with Crippen LogP contribution in [0.2, 0.25) is 0 Å². The molecule has 0 unspecified atom stereocenters. The maximum Gasteiger partial charge on any atom is 0.258 e. The smallest absolute Gasteiger partial charge is 0.258 e. The molecule has 1 aliphatic rings. The molecular formula is C22H20N4O3. The Morgan fingerprint density at radius 1 is 1.10 bits per heavy atom. The molecule has 1 aliphatic heterocycles. The van der Waals surface area contributed by atoms with Crippen LogP contribution in [0.25, 0.3) is 0 Å². The van der Waals surface area contributed by atoms with E-state index < -0.39 is 6.17 Å². The Hall–Kier alpha value is -3.87. The van der Waals surface area contributed by atoms with Crippen molar-refractivity contribution in [3.05, 3.63) is 84.1 Å². The number of anilines is 2. The zero-order chi connectivity index (χ0) is 20.2. The SMILES string of the molecule is COc1ccc([C@H]2Nc3ccccc3C(=O)N2CC(=O)Nc2ccccn2)cc1. The number of amides is 2. The number of carbonyl (C=O) groups excluding carboxylic acids is 2. The first-order valence-electron chi connectivity index (χ1n) is 9.17. The number of carbonyl (C=O) groups is 2. The molecule has 0 bridgehead atoms. The maximum absolute atomic E-state index is 13.2. The highest BCUT2D eigenvalue weighted by Crippen LogP contribution is 2.33. The van der Waals surface area contributed by atoms with Crippen molar-refractivity contribution in [3.8, 4) is 5.75 Å². The molecule has 7 heteroatoms. The van der Waals surface area contributed by atoms with Crippen LogP contribution in [0.15, 0.2) is 72.9 Å². The number of methoxy groups -OCH3 is 1. The molecule has 7 nitrogen and oxygen atoms in total. The fourth-order valence-electron chi connectivity index (χ4n) is 3.28. The third-order valence-electron chi connectivity index (χ3n) is 4.70. The summed E-state index contributed by atoms with van der Waals surface area (Å²) in [5.41, 5.74) is 2.11. The minimum absolute atomic E-state index is 0.118. The molecule has 0 saturated carbocycles. The zero-order valence-corrected chi connectivity index (χ0v) is 15.8. The molecule has 146 valence electrons. The van der Waals surface area contributed by atoms with Crippen LogP contribution in [0.4, 0.5) is 11.5 Å². The Kier molecular flexibility index (Phi) is 5.11. The molecule has 2 aromatic carbocycles. The number of fused-ring (bicyclic) bond motifs is 1. The Bertz CT molecular complexity index is 1020. The second-order valence-electron chi connectivity index (χ2n) is 6.56. The van der Waals surface area contributed by atoms with Crippen molar-refractivity contribution in [3.63, 3.8) is 0 Å².